The first kappa shape index (κ1) is 15.2. The number of benzene rings is 5. The van der Waals surface area contributed by atoms with Gasteiger partial charge in [-0.25, -0.2) is 0 Å². The molecule has 0 saturated heterocycles. The molecule has 122 valence electrons. The van der Waals surface area contributed by atoms with Crippen molar-refractivity contribution >= 4 is 45.1 Å². The Kier molecular flexibility index (Phi) is 3.53. The molecule has 0 aliphatic carbocycles. The van der Waals surface area contributed by atoms with Crippen LogP contribution in [0.3, 0.4) is 0 Å². The Morgan fingerprint density at radius 2 is 1.31 bits per heavy atom. The van der Waals surface area contributed by atoms with Crippen LogP contribution < -0.4 is 5.46 Å². The van der Waals surface area contributed by atoms with Gasteiger partial charge in [-0.05, 0) is 55.6 Å². The normalized spacial score (nSPS) is 11.3. The highest BCUT2D eigenvalue weighted by molar-refractivity contribution is 6.51. The van der Waals surface area contributed by atoms with Crippen LogP contribution in [-0.4, -0.2) is 7.28 Å². The molecule has 0 fully saturated rings. The van der Waals surface area contributed by atoms with Crippen molar-refractivity contribution in [1.82, 2.24) is 0 Å². The molecule has 0 nitrogen and oxygen atoms in total. The van der Waals surface area contributed by atoms with E-state index in [0.29, 0.717) is 0 Å². The fourth-order valence-corrected chi connectivity index (χ4v) is 3.95. The van der Waals surface area contributed by atoms with Crippen molar-refractivity contribution in [2.75, 3.05) is 0 Å². The molecule has 0 aliphatic heterocycles. The molecule has 1 heteroatoms. The van der Waals surface area contributed by atoms with Gasteiger partial charge >= 0.3 is 0 Å². The van der Waals surface area contributed by atoms with E-state index in [1.54, 1.807) is 0 Å². The van der Waals surface area contributed by atoms with Crippen LogP contribution in [0, 0.1) is 0 Å². The highest BCUT2D eigenvalue weighted by atomic mass is 14.1. The van der Waals surface area contributed by atoms with E-state index < -0.39 is 0 Å². The summed E-state index contributed by atoms with van der Waals surface area (Å²) < 4.78 is 0. The zero-order valence-corrected chi connectivity index (χ0v) is 14.9. The average Bonchev–Trinajstić information content (AvgIpc) is 2.72. The van der Waals surface area contributed by atoms with E-state index in [1.807, 2.05) is 0 Å². The van der Waals surface area contributed by atoms with Gasteiger partial charge in [-0.1, -0.05) is 91.1 Å². The molecule has 0 aromatic heterocycles. The number of hydrogen-bond acceptors (Lipinski definition) is 0. The first-order valence-electron chi connectivity index (χ1n) is 9.27. The lowest BCUT2D eigenvalue weighted by Gasteiger charge is -2.11. The van der Waals surface area contributed by atoms with Crippen LogP contribution >= 0.6 is 0 Å². The Labute approximate surface area is 154 Å². The monoisotopic (exact) mass is 330 g/mol. The summed E-state index contributed by atoms with van der Waals surface area (Å²) in [4.78, 5) is 0. The summed E-state index contributed by atoms with van der Waals surface area (Å²) in [7, 11) is 1.08. The molecule has 0 amide bonds. The Hall–Kier alpha value is -3.06. The lowest BCUT2D eigenvalue weighted by Crippen LogP contribution is -2.08. The summed E-state index contributed by atoms with van der Waals surface area (Å²) in [5.74, 6) is 0. The Bertz CT molecular complexity index is 1250. The van der Waals surface area contributed by atoms with Gasteiger partial charge in [-0.2, -0.15) is 0 Å². The van der Waals surface area contributed by atoms with Crippen molar-refractivity contribution < 1.29 is 0 Å². The van der Waals surface area contributed by atoms with Crippen LogP contribution in [0.1, 0.15) is 0 Å². The molecule has 0 radical (unpaired) electrons. The predicted octanol–water partition coefficient (Wildman–Crippen LogP) is 5.92. The van der Waals surface area contributed by atoms with Gasteiger partial charge in [0.05, 0.1) is 0 Å². The number of hydrogen-bond donors (Lipinski definition) is 0. The van der Waals surface area contributed by atoms with Crippen LogP contribution in [0.15, 0.2) is 91.0 Å². The highest BCUT2D eigenvalue weighted by Gasteiger charge is 2.08. The molecular weight excluding hydrogens is 311 g/mol. The molecular formula is C25H19B. The summed E-state index contributed by atoms with van der Waals surface area (Å²) in [6.07, 6.45) is 0. The van der Waals surface area contributed by atoms with E-state index in [-0.39, 0.29) is 0 Å². The van der Waals surface area contributed by atoms with E-state index >= 15 is 0 Å². The zero-order valence-electron chi connectivity index (χ0n) is 14.9. The third-order valence-corrected chi connectivity index (χ3v) is 5.42. The summed E-state index contributed by atoms with van der Waals surface area (Å²) in [6.45, 7) is 2.20. The van der Waals surface area contributed by atoms with Gasteiger partial charge in [0, 0.05) is 0 Å². The van der Waals surface area contributed by atoms with Gasteiger partial charge in [0.2, 0.25) is 0 Å². The SMILES string of the molecule is CBc1ccc(-c2cccc3c2ccc2cc4ccccc4cc23)cc1. The molecule has 0 atom stereocenters. The molecule has 0 bridgehead atoms. The Balaban J connectivity index is 1.80. The minimum Gasteiger partial charge on any atom is -0.0849 e. The van der Waals surface area contributed by atoms with Crippen molar-refractivity contribution in [3.8, 4) is 11.1 Å². The second-order valence-electron chi connectivity index (χ2n) is 6.94. The largest absolute Gasteiger partial charge is 0.154 e. The van der Waals surface area contributed by atoms with Crippen LogP contribution in [0.2, 0.25) is 6.82 Å². The molecule has 0 N–H and O–H groups in total. The second kappa shape index (κ2) is 6.03. The van der Waals surface area contributed by atoms with Gasteiger partial charge in [0.15, 0.2) is 7.28 Å². The van der Waals surface area contributed by atoms with Crippen molar-refractivity contribution in [1.29, 1.82) is 0 Å². The highest BCUT2D eigenvalue weighted by Crippen LogP contribution is 2.34. The quantitative estimate of drug-likeness (QED) is 0.214. The standard InChI is InChI=1S/C25H19B/c1-26-21-12-9-17(10-13-21)22-7-4-8-23-24(22)14-11-20-15-18-5-2-3-6-19(18)16-25(20)23/h2-16,26H,1H3. The molecule has 5 rings (SSSR count). The minimum absolute atomic E-state index is 1.08. The van der Waals surface area contributed by atoms with Gasteiger partial charge in [-0.15, -0.1) is 0 Å². The smallest absolute Gasteiger partial charge is 0.0849 e. The number of rotatable bonds is 2. The molecule has 0 heterocycles. The van der Waals surface area contributed by atoms with Crippen LogP contribution in [0.5, 0.6) is 0 Å². The molecule has 5 aromatic carbocycles. The molecule has 26 heavy (non-hydrogen) atoms. The number of fused-ring (bicyclic) bond motifs is 4. The van der Waals surface area contributed by atoms with Gasteiger partial charge < -0.3 is 0 Å². The first-order chi connectivity index (χ1) is 12.8. The van der Waals surface area contributed by atoms with Crippen molar-refractivity contribution in [3.05, 3.63) is 91.0 Å². The minimum atomic E-state index is 1.08. The maximum Gasteiger partial charge on any atom is 0.154 e. The van der Waals surface area contributed by atoms with Crippen molar-refractivity contribution in [2.45, 2.75) is 6.82 Å². The third-order valence-electron chi connectivity index (χ3n) is 5.42. The lowest BCUT2D eigenvalue weighted by atomic mass is 9.73. The summed E-state index contributed by atoms with van der Waals surface area (Å²) in [5.41, 5.74) is 3.97. The van der Waals surface area contributed by atoms with Gasteiger partial charge in [0.1, 0.15) is 0 Å². The zero-order chi connectivity index (χ0) is 17.5. The van der Waals surface area contributed by atoms with Crippen LogP contribution in [0.4, 0.5) is 0 Å². The van der Waals surface area contributed by atoms with Crippen LogP contribution in [0.25, 0.3) is 43.4 Å². The Morgan fingerprint density at radius 1 is 0.538 bits per heavy atom. The van der Waals surface area contributed by atoms with E-state index in [1.165, 1.54) is 48.9 Å². The van der Waals surface area contributed by atoms with Crippen molar-refractivity contribution in [3.63, 3.8) is 0 Å². The molecule has 5 aromatic rings. The first-order valence-corrected chi connectivity index (χ1v) is 9.27. The molecule has 0 aliphatic rings. The topological polar surface area (TPSA) is 0 Å². The average molecular weight is 330 g/mol. The maximum atomic E-state index is 2.33. The van der Waals surface area contributed by atoms with E-state index in [9.17, 15) is 0 Å². The Morgan fingerprint density at radius 3 is 2.08 bits per heavy atom. The summed E-state index contributed by atoms with van der Waals surface area (Å²) in [6, 6.07) is 33.4. The van der Waals surface area contributed by atoms with Crippen LogP contribution in [-0.2, 0) is 0 Å². The van der Waals surface area contributed by atoms with Gasteiger partial charge in [-0.3, -0.25) is 0 Å². The van der Waals surface area contributed by atoms with E-state index in [0.717, 1.165) is 7.28 Å². The predicted molar refractivity (Wildman–Crippen MR) is 117 cm³/mol. The van der Waals surface area contributed by atoms with E-state index in [4.69, 9.17) is 0 Å². The molecule has 0 spiro atoms. The molecule has 0 saturated carbocycles. The lowest BCUT2D eigenvalue weighted by molar-refractivity contribution is 1.68. The fraction of sp³-hybridized carbons (Fsp3) is 0.0400. The molecule has 0 unspecified atom stereocenters. The van der Waals surface area contributed by atoms with Gasteiger partial charge in [0.25, 0.3) is 0 Å². The fourth-order valence-electron chi connectivity index (χ4n) is 3.95. The third kappa shape index (κ3) is 2.40. The second-order valence-corrected chi connectivity index (χ2v) is 6.94. The maximum absolute atomic E-state index is 2.33. The van der Waals surface area contributed by atoms with Crippen molar-refractivity contribution in [2.24, 2.45) is 0 Å². The summed E-state index contributed by atoms with van der Waals surface area (Å²) in [5, 5.41) is 7.86. The summed E-state index contributed by atoms with van der Waals surface area (Å²) >= 11 is 0. The van der Waals surface area contributed by atoms with E-state index in [2.05, 4.69) is 97.8 Å².